The molecular weight excluding hydrogens is 378 g/mol. The summed E-state index contributed by atoms with van der Waals surface area (Å²) in [5, 5.41) is 0.996. The van der Waals surface area contributed by atoms with E-state index in [0.717, 1.165) is 17.7 Å². The van der Waals surface area contributed by atoms with Gasteiger partial charge in [0.15, 0.2) is 5.16 Å². The second-order valence-electron chi connectivity index (χ2n) is 6.31. The van der Waals surface area contributed by atoms with Gasteiger partial charge in [0.25, 0.3) is 5.56 Å². The van der Waals surface area contributed by atoms with Crippen LogP contribution in [0.25, 0.3) is 10.9 Å². The topological polar surface area (TPSA) is 34.9 Å². The van der Waals surface area contributed by atoms with Gasteiger partial charge in [-0.3, -0.25) is 9.36 Å². The maximum atomic E-state index is 14.0. The van der Waals surface area contributed by atoms with Crippen LogP contribution in [0, 0.1) is 11.6 Å². The summed E-state index contributed by atoms with van der Waals surface area (Å²) in [5.41, 5.74) is 1.62. The van der Waals surface area contributed by atoms with E-state index in [0.29, 0.717) is 22.6 Å². The van der Waals surface area contributed by atoms with Crippen LogP contribution in [0.4, 0.5) is 8.78 Å². The summed E-state index contributed by atoms with van der Waals surface area (Å²) >= 11 is 1.22. The highest BCUT2D eigenvalue weighted by Gasteiger charge is 2.13. The Morgan fingerprint density at radius 2 is 1.68 bits per heavy atom. The molecule has 0 amide bonds. The van der Waals surface area contributed by atoms with Gasteiger partial charge in [0.1, 0.15) is 11.6 Å². The van der Waals surface area contributed by atoms with E-state index in [2.05, 4.69) is 4.98 Å². The van der Waals surface area contributed by atoms with Gasteiger partial charge < -0.3 is 0 Å². The SMILES string of the molecule is O=c1c2ccccc2nc(SCc2cc(F)ccc2F)n1Cc1ccccc1. The second kappa shape index (κ2) is 7.94. The Morgan fingerprint density at radius 3 is 2.50 bits per heavy atom. The van der Waals surface area contributed by atoms with Gasteiger partial charge in [0.2, 0.25) is 0 Å². The summed E-state index contributed by atoms with van der Waals surface area (Å²) in [4.78, 5) is 17.7. The molecule has 0 saturated carbocycles. The normalized spacial score (nSPS) is 11.1. The lowest BCUT2D eigenvalue weighted by atomic mass is 10.2. The number of halogens is 2. The number of thioether (sulfide) groups is 1. The molecule has 1 heterocycles. The number of aromatic nitrogens is 2. The van der Waals surface area contributed by atoms with Crippen molar-refractivity contribution in [2.45, 2.75) is 17.5 Å². The molecule has 6 heteroatoms. The van der Waals surface area contributed by atoms with Gasteiger partial charge in [0.05, 0.1) is 17.4 Å². The van der Waals surface area contributed by atoms with Crippen molar-refractivity contribution in [1.29, 1.82) is 0 Å². The average molecular weight is 394 g/mol. The van der Waals surface area contributed by atoms with Gasteiger partial charge in [-0.05, 0) is 35.9 Å². The van der Waals surface area contributed by atoms with Gasteiger partial charge in [-0.15, -0.1) is 0 Å². The fraction of sp³-hybridized carbons (Fsp3) is 0.0909. The van der Waals surface area contributed by atoms with E-state index < -0.39 is 11.6 Å². The first-order valence-electron chi connectivity index (χ1n) is 8.72. The molecular formula is C22H16F2N2OS. The smallest absolute Gasteiger partial charge is 0.262 e. The van der Waals surface area contributed by atoms with E-state index in [9.17, 15) is 13.6 Å². The van der Waals surface area contributed by atoms with Crippen LogP contribution in [0.15, 0.2) is 82.7 Å². The zero-order valence-corrected chi connectivity index (χ0v) is 15.6. The van der Waals surface area contributed by atoms with E-state index in [1.54, 1.807) is 22.8 Å². The lowest BCUT2D eigenvalue weighted by Crippen LogP contribution is -2.24. The predicted octanol–water partition coefficient (Wildman–Crippen LogP) is 5.02. The molecule has 0 unspecified atom stereocenters. The van der Waals surface area contributed by atoms with Crippen LogP contribution in [0.3, 0.4) is 0 Å². The molecule has 1 aromatic heterocycles. The molecule has 0 radical (unpaired) electrons. The fourth-order valence-electron chi connectivity index (χ4n) is 2.96. The van der Waals surface area contributed by atoms with E-state index in [4.69, 9.17) is 0 Å². The van der Waals surface area contributed by atoms with Crippen molar-refractivity contribution in [3.63, 3.8) is 0 Å². The molecule has 4 rings (SSSR count). The maximum absolute atomic E-state index is 14.0. The van der Waals surface area contributed by atoms with Crippen LogP contribution in [0.1, 0.15) is 11.1 Å². The van der Waals surface area contributed by atoms with Gasteiger partial charge >= 0.3 is 0 Å². The molecule has 0 N–H and O–H groups in total. The minimum Gasteiger partial charge on any atom is -0.283 e. The number of benzene rings is 3. The summed E-state index contributed by atoms with van der Waals surface area (Å²) < 4.78 is 29.0. The van der Waals surface area contributed by atoms with Gasteiger partial charge in [-0.1, -0.05) is 54.2 Å². The quantitative estimate of drug-likeness (QED) is 0.352. The zero-order valence-electron chi connectivity index (χ0n) is 14.8. The first kappa shape index (κ1) is 18.4. The summed E-state index contributed by atoms with van der Waals surface area (Å²) in [6, 6.07) is 20.1. The Morgan fingerprint density at radius 1 is 0.929 bits per heavy atom. The van der Waals surface area contributed by atoms with Crippen LogP contribution in [0.2, 0.25) is 0 Å². The molecule has 0 fully saturated rings. The minimum atomic E-state index is -0.495. The van der Waals surface area contributed by atoms with E-state index in [-0.39, 0.29) is 16.9 Å². The highest BCUT2D eigenvalue weighted by molar-refractivity contribution is 7.98. The molecule has 3 aromatic carbocycles. The number of para-hydroxylation sites is 1. The Bertz CT molecular complexity index is 1190. The summed E-state index contributed by atoms with van der Waals surface area (Å²) in [5.74, 6) is -0.805. The van der Waals surface area contributed by atoms with Crippen LogP contribution in [0.5, 0.6) is 0 Å². The molecule has 0 atom stereocenters. The number of hydrogen-bond acceptors (Lipinski definition) is 3. The Labute approximate surface area is 164 Å². The van der Waals surface area contributed by atoms with Gasteiger partial charge in [0, 0.05) is 11.3 Å². The van der Waals surface area contributed by atoms with Crippen LogP contribution in [-0.4, -0.2) is 9.55 Å². The Kier molecular flexibility index (Phi) is 5.21. The summed E-state index contributed by atoms with van der Waals surface area (Å²) in [7, 11) is 0. The number of nitrogens with zero attached hydrogens (tertiary/aromatic N) is 2. The van der Waals surface area contributed by atoms with E-state index >= 15 is 0 Å². The molecule has 0 saturated heterocycles. The Hall–Kier alpha value is -2.99. The molecule has 0 bridgehead atoms. The molecule has 0 aliphatic rings. The summed E-state index contributed by atoms with van der Waals surface area (Å²) in [6.07, 6.45) is 0. The van der Waals surface area contributed by atoms with Crippen molar-refractivity contribution in [1.82, 2.24) is 9.55 Å². The van der Waals surface area contributed by atoms with E-state index in [1.807, 2.05) is 36.4 Å². The van der Waals surface area contributed by atoms with Gasteiger partial charge in [-0.25, -0.2) is 13.8 Å². The summed E-state index contributed by atoms with van der Waals surface area (Å²) in [6.45, 7) is 0.353. The monoisotopic (exact) mass is 394 g/mol. The van der Waals surface area contributed by atoms with Crippen molar-refractivity contribution in [3.8, 4) is 0 Å². The van der Waals surface area contributed by atoms with Crippen LogP contribution in [-0.2, 0) is 12.3 Å². The molecule has 4 aromatic rings. The third-order valence-electron chi connectivity index (χ3n) is 4.37. The third kappa shape index (κ3) is 3.82. The van der Waals surface area contributed by atoms with E-state index in [1.165, 1.54) is 17.8 Å². The third-order valence-corrected chi connectivity index (χ3v) is 5.40. The second-order valence-corrected chi connectivity index (χ2v) is 7.26. The van der Waals surface area contributed by atoms with Crippen molar-refractivity contribution in [2.24, 2.45) is 0 Å². The van der Waals surface area contributed by atoms with Crippen molar-refractivity contribution in [3.05, 3.63) is 106 Å². The van der Waals surface area contributed by atoms with Crippen molar-refractivity contribution >= 4 is 22.7 Å². The molecule has 0 aliphatic carbocycles. The number of hydrogen-bond donors (Lipinski definition) is 0. The molecule has 0 spiro atoms. The molecule has 3 nitrogen and oxygen atoms in total. The molecule has 140 valence electrons. The highest BCUT2D eigenvalue weighted by atomic mass is 32.2. The molecule has 0 aliphatic heterocycles. The predicted molar refractivity (Wildman–Crippen MR) is 107 cm³/mol. The Balaban J connectivity index is 1.76. The lowest BCUT2D eigenvalue weighted by Gasteiger charge is -2.13. The van der Waals surface area contributed by atoms with Crippen LogP contribution < -0.4 is 5.56 Å². The average Bonchev–Trinajstić information content (AvgIpc) is 2.72. The first-order chi connectivity index (χ1) is 13.6. The largest absolute Gasteiger partial charge is 0.283 e. The molecule has 28 heavy (non-hydrogen) atoms. The minimum absolute atomic E-state index is 0.156. The maximum Gasteiger partial charge on any atom is 0.262 e. The lowest BCUT2D eigenvalue weighted by molar-refractivity contribution is 0.591. The number of rotatable bonds is 5. The fourth-order valence-corrected chi connectivity index (χ4v) is 3.93. The highest BCUT2D eigenvalue weighted by Crippen LogP contribution is 2.24. The standard InChI is InChI=1S/C22H16F2N2OS/c23-17-10-11-19(24)16(12-17)14-28-22-25-20-9-5-4-8-18(20)21(27)26(22)13-15-6-2-1-3-7-15/h1-12H,13-14H2. The van der Waals surface area contributed by atoms with Gasteiger partial charge in [-0.2, -0.15) is 0 Å². The van der Waals surface area contributed by atoms with Crippen molar-refractivity contribution < 1.29 is 8.78 Å². The zero-order chi connectivity index (χ0) is 19.5. The van der Waals surface area contributed by atoms with Crippen molar-refractivity contribution in [2.75, 3.05) is 0 Å². The first-order valence-corrected chi connectivity index (χ1v) is 9.70. The van der Waals surface area contributed by atoms with Crippen LogP contribution >= 0.6 is 11.8 Å². The number of fused-ring (bicyclic) bond motifs is 1.